The first-order valence-electron chi connectivity index (χ1n) is 5.93. The van der Waals surface area contributed by atoms with Gasteiger partial charge in [0.25, 0.3) is 0 Å². The summed E-state index contributed by atoms with van der Waals surface area (Å²) in [6.07, 6.45) is 1.69. The summed E-state index contributed by atoms with van der Waals surface area (Å²) in [5, 5.41) is 0.185. The molecule has 1 rings (SSSR count). The Labute approximate surface area is 116 Å². The summed E-state index contributed by atoms with van der Waals surface area (Å²) < 4.78 is 9.65. The number of ether oxygens (including phenoxy) is 2. The van der Waals surface area contributed by atoms with E-state index in [4.69, 9.17) is 26.8 Å². The maximum Gasteiger partial charge on any atom is 0.344 e. The van der Waals surface area contributed by atoms with Gasteiger partial charge in [-0.25, -0.2) is 9.59 Å². The van der Waals surface area contributed by atoms with Crippen LogP contribution < -0.4 is 5.73 Å². The molecule has 0 atom stereocenters. The number of esters is 2. The van der Waals surface area contributed by atoms with E-state index in [0.29, 0.717) is 6.61 Å². The van der Waals surface area contributed by atoms with E-state index in [1.54, 1.807) is 6.07 Å². The fraction of sp³-hybridized carbons (Fsp3) is 0.385. The number of unbranched alkanes of at least 4 members (excludes halogenated alkanes) is 1. The van der Waals surface area contributed by atoms with Crippen molar-refractivity contribution in [2.45, 2.75) is 19.8 Å². The fourth-order valence-electron chi connectivity index (χ4n) is 1.32. The average Bonchev–Trinajstić information content (AvgIpc) is 2.36. The van der Waals surface area contributed by atoms with E-state index in [9.17, 15) is 9.59 Å². The fourth-order valence-corrected chi connectivity index (χ4v) is 1.58. The maximum atomic E-state index is 11.7. The Balaban J connectivity index is 2.49. The van der Waals surface area contributed by atoms with E-state index in [2.05, 4.69) is 0 Å². The Morgan fingerprint density at radius 3 is 2.68 bits per heavy atom. The molecule has 0 amide bonds. The molecule has 104 valence electrons. The van der Waals surface area contributed by atoms with Crippen molar-refractivity contribution in [3.63, 3.8) is 0 Å². The number of carbonyl (C=O) groups is 2. The molecule has 0 aliphatic carbocycles. The van der Waals surface area contributed by atoms with Gasteiger partial charge >= 0.3 is 11.9 Å². The molecule has 0 aromatic heterocycles. The van der Waals surface area contributed by atoms with Crippen LogP contribution in [0.3, 0.4) is 0 Å². The molecule has 0 fully saturated rings. The van der Waals surface area contributed by atoms with Gasteiger partial charge in [-0.1, -0.05) is 31.0 Å². The Hall–Kier alpha value is -1.75. The van der Waals surface area contributed by atoms with Crippen LogP contribution in [0.15, 0.2) is 18.2 Å². The normalized spacial score (nSPS) is 10.0. The topological polar surface area (TPSA) is 78.6 Å². The molecule has 2 N–H and O–H groups in total. The molecule has 0 aliphatic heterocycles. The van der Waals surface area contributed by atoms with Gasteiger partial charge in [0, 0.05) is 5.69 Å². The second-order valence-corrected chi connectivity index (χ2v) is 4.26. The molecule has 0 radical (unpaired) electrons. The van der Waals surface area contributed by atoms with Crippen LogP contribution in [0.1, 0.15) is 30.1 Å². The van der Waals surface area contributed by atoms with Crippen LogP contribution in [0.2, 0.25) is 5.02 Å². The number of rotatable bonds is 6. The van der Waals surface area contributed by atoms with E-state index in [1.807, 2.05) is 6.92 Å². The van der Waals surface area contributed by atoms with E-state index in [1.165, 1.54) is 12.1 Å². The SMILES string of the molecule is CCCCOC(=O)COC(=O)c1c(N)cccc1Cl. The van der Waals surface area contributed by atoms with Gasteiger partial charge in [-0.15, -0.1) is 0 Å². The zero-order chi connectivity index (χ0) is 14.3. The van der Waals surface area contributed by atoms with Gasteiger partial charge in [0.1, 0.15) is 5.56 Å². The Kier molecular flexibility index (Phi) is 6.15. The van der Waals surface area contributed by atoms with Crippen LogP contribution in [0.5, 0.6) is 0 Å². The third-order valence-electron chi connectivity index (χ3n) is 2.33. The zero-order valence-corrected chi connectivity index (χ0v) is 11.4. The third-order valence-corrected chi connectivity index (χ3v) is 2.65. The summed E-state index contributed by atoms with van der Waals surface area (Å²) >= 11 is 5.85. The molecule has 5 nitrogen and oxygen atoms in total. The zero-order valence-electron chi connectivity index (χ0n) is 10.6. The van der Waals surface area contributed by atoms with E-state index >= 15 is 0 Å². The van der Waals surface area contributed by atoms with Gasteiger partial charge in [-0.05, 0) is 18.6 Å². The number of carbonyl (C=O) groups excluding carboxylic acids is 2. The van der Waals surface area contributed by atoms with E-state index in [-0.39, 0.29) is 16.3 Å². The van der Waals surface area contributed by atoms with Crippen LogP contribution in [0.4, 0.5) is 5.69 Å². The molecule has 0 saturated carbocycles. The first kappa shape index (κ1) is 15.3. The summed E-state index contributed by atoms with van der Waals surface area (Å²) in [5.41, 5.74) is 5.89. The Morgan fingerprint density at radius 1 is 1.32 bits per heavy atom. The van der Waals surface area contributed by atoms with Gasteiger partial charge in [0.2, 0.25) is 0 Å². The smallest absolute Gasteiger partial charge is 0.344 e. The molecular weight excluding hydrogens is 270 g/mol. The molecule has 0 heterocycles. The lowest BCUT2D eigenvalue weighted by molar-refractivity contribution is -0.147. The van der Waals surface area contributed by atoms with Crippen molar-refractivity contribution in [3.05, 3.63) is 28.8 Å². The van der Waals surface area contributed by atoms with Gasteiger partial charge in [0.05, 0.1) is 11.6 Å². The summed E-state index contributed by atoms with van der Waals surface area (Å²) in [4.78, 5) is 23.0. The van der Waals surface area contributed by atoms with Crippen LogP contribution >= 0.6 is 11.6 Å². The minimum atomic E-state index is -0.740. The van der Waals surface area contributed by atoms with Gasteiger partial charge < -0.3 is 15.2 Å². The lowest BCUT2D eigenvalue weighted by Crippen LogP contribution is -2.18. The number of benzene rings is 1. The summed E-state index contributed by atoms with van der Waals surface area (Å²) in [7, 11) is 0. The van der Waals surface area contributed by atoms with Crippen molar-refractivity contribution in [2.75, 3.05) is 18.9 Å². The lowest BCUT2D eigenvalue weighted by Gasteiger charge is -2.08. The minimum absolute atomic E-state index is 0.0607. The highest BCUT2D eigenvalue weighted by atomic mass is 35.5. The molecule has 1 aromatic rings. The predicted molar refractivity (Wildman–Crippen MR) is 72.0 cm³/mol. The van der Waals surface area contributed by atoms with Gasteiger partial charge in [-0.3, -0.25) is 0 Å². The van der Waals surface area contributed by atoms with Crippen LogP contribution in [0, 0.1) is 0 Å². The highest BCUT2D eigenvalue weighted by Crippen LogP contribution is 2.22. The predicted octanol–water partition coefficient (Wildman–Crippen LogP) is 2.42. The van der Waals surface area contributed by atoms with Gasteiger partial charge in [-0.2, -0.15) is 0 Å². The van der Waals surface area contributed by atoms with Crippen LogP contribution in [-0.2, 0) is 14.3 Å². The molecule has 0 unspecified atom stereocenters. The van der Waals surface area contributed by atoms with Crippen molar-refractivity contribution < 1.29 is 19.1 Å². The molecule has 0 saturated heterocycles. The minimum Gasteiger partial charge on any atom is -0.463 e. The maximum absolute atomic E-state index is 11.7. The van der Waals surface area contributed by atoms with E-state index in [0.717, 1.165) is 12.8 Å². The largest absolute Gasteiger partial charge is 0.463 e. The number of hydrogen-bond acceptors (Lipinski definition) is 5. The number of nitrogens with two attached hydrogens (primary N) is 1. The van der Waals surface area contributed by atoms with Crippen LogP contribution in [0.25, 0.3) is 0 Å². The van der Waals surface area contributed by atoms with Crippen molar-refractivity contribution in [1.82, 2.24) is 0 Å². The second-order valence-electron chi connectivity index (χ2n) is 3.85. The third kappa shape index (κ3) is 4.79. The second kappa shape index (κ2) is 7.63. The summed E-state index contributed by atoms with van der Waals surface area (Å²) in [6, 6.07) is 4.67. The monoisotopic (exact) mass is 285 g/mol. The standard InChI is InChI=1S/C13H16ClNO4/c1-2-3-7-18-11(16)8-19-13(17)12-9(14)5-4-6-10(12)15/h4-6H,2-3,7-8,15H2,1H3. The molecule has 6 heteroatoms. The highest BCUT2D eigenvalue weighted by molar-refractivity contribution is 6.34. The Bertz CT molecular complexity index is 442. The Morgan fingerprint density at radius 2 is 2.05 bits per heavy atom. The first-order valence-corrected chi connectivity index (χ1v) is 6.30. The lowest BCUT2D eigenvalue weighted by atomic mass is 10.2. The number of halogens is 1. The molecule has 0 bridgehead atoms. The molecule has 0 aliphatic rings. The quantitative estimate of drug-likeness (QED) is 0.493. The van der Waals surface area contributed by atoms with Crippen molar-refractivity contribution >= 4 is 29.2 Å². The van der Waals surface area contributed by atoms with Crippen LogP contribution in [-0.4, -0.2) is 25.2 Å². The van der Waals surface area contributed by atoms with Crippen molar-refractivity contribution in [1.29, 1.82) is 0 Å². The molecular formula is C13H16ClNO4. The molecule has 1 aromatic carbocycles. The molecule has 19 heavy (non-hydrogen) atoms. The number of anilines is 1. The number of hydrogen-bond donors (Lipinski definition) is 1. The van der Waals surface area contributed by atoms with Crippen molar-refractivity contribution in [3.8, 4) is 0 Å². The summed E-state index contributed by atoms with van der Waals surface area (Å²) in [6.45, 7) is 1.85. The average molecular weight is 286 g/mol. The van der Waals surface area contributed by atoms with Gasteiger partial charge in [0.15, 0.2) is 6.61 Å². The number of nitrogen functional groups attached to an aromatic ring is 1. The summed E-state index contributed by atoms with van der Waals surface area (Å²) in [5.74, 6) is -1.33. The first-order chi connectivity index (χ1) is 9.06. The molecule has 0 spiro atoms. The van der Waals surface area contributed by atoms with Crippen molar-refractivity contribution in [2.24, 2.45) is 0 Å². The highest BCUT2D eigenvalue weighted by Gasteiger charge is 2.17. The van der Waals surface area contributed by atoms with E-state index < -0.39 is 18.5 Å².